The van der Waals surface area contributed by atoms with Crippen LogP contribution in [0.25, 0.3) is 39.3 Å². The van der Waals surface area contributed by atoms with Crippen molar-refractivity contribution < 1.29 is 0 Å². The van der Waals surface area contributed by atoms with Crippen molar-refractivity contribution in [1.82, 2.24) is 20.2 Å². The van der Waals surface area contributed by atoms with Gasteiger partial charge in [0.15, 0.2) is 5.82 Å². The van der Waals surface area contributed by atoms with E-state index >= 15 is 0 Å². The molecule has 0 saturated carbocycles. The summed E-state index contributed by atoms with van der Waals surface area (Å²) in [5, 5.41) is 6.78. The highest BCUT2D eigenvalue weighted by Gasteiger charge is 2.22. The number of hydrogen-bond acceptors (Lipinski definition) is 3. The molecule has 5 rings (SSSR count). The molecule has 0 aliphatic heterocycles. The minimum atomic E-state index is -0.193. The first-order chi connectivity index (χ1) is 15.9. The molecule has 0 fully saturated rings. The molecule has 0 unspecified atom stereocenters. The van der Waals surface area contributed by atoms with E-state index in [1.165, 1.54) is 29.4 Å². The molecule has 0 atom stereocenters. The topological polar surface area (TPSA) is 74.4 Å². The number of rotatable bonds is 4. The van der Waals surface area contributed by atoms with Gasteiger partial charge >= 0.3 is 0 Å². The highest BCUT2D eigenvalue weighted by molar-refractivity contribution is 5.83. The zero-order valence-corrected chi connectivity index (χ0v) is 19.3. The van der Waals surface area contributed by atoms with Gasteiger partial charge in [-0.05, 0) is 59.9 Å². The third-order valence-corrected chi connectivity index (χ3v) is 6.59. The van der Waals surface area contributed by atoms with E-state index in [9.17, 15) is 4.79 Å². The first-order valence-corrected chi connectivity index (χ1v) is 11.4. The summed E-state index contributed by atoms with van der Waals surface area (Å²) < 4.78 is 0. The average Bonchev–Trinajstić information content (AvgIpc) is 3.34. The molecule has 0 spiro atoms. The quantitative estimate of drug-likeness (QED) is 0.389. The highest BCUT2D eigenvalue weighted by atomic mass is 16.1. The smallest absolute Gasteiger partial charge is 0.260 e. The first-order valence-electron chi connectivity index (χ1n) is 11.4. The van der Waals surface area contributed by atoms with Crippen molar-refractivity contribution in [1.29, 1.82) is 0 Å². The van der Waals surface area contributed by atoms with E-state index in [0.717, 1.165) is 35.2 Å². The number of hydrogen-bond donors (Lipinski definition) is 2. The number of aromatic nitrogens is 4. The van der Waals surface area contributed by atoms with Crippen molar-refractivity contribution in [3.8, 4) is 33.8 Å². The molecule has 5 nitrogen and oxygen atoms in total. The number of allylic oxidation sites excluding steroid dienone is 2. The molecular weight excluding hydrogens is 408 g/mol. The second-order valence-corrected chi connectivity index (χ2v) is 9.68. The minimum absolute atomic E-state index is 0.193. The van der Waals surface area contributed by atoms with Crippen molar-refractivity contribution in [3.05, 3.63) is 88.5 Å². The molecule has 0 amide bonds. The Balaban J connectivity index is 1.56. The van der Waals surface area contributed by atoms with E-state index in [1.54, 1.807) is 0 Å². The maximum atomic E-state index is 13.2. The van der Waals surface area contributed by atoms with Crippen LogP contribution < -0.4 is 5.56 Å². The van der Waals surface area contributed by atoms with Crippen molar-refractivity contribution in [2.45, 2.75) is 40.0 Å². The predicted molar refractivity (Wildman–Crippen MR) is 134 cm³/mol. The van der Waals surface area contributed by atoms with Crippen LogP contribution in [0, 0.1) is 12.3 Å². The van der Waals surface area contributed by atoms with E-state index in [4.69, 9.17) is 0 Å². The normalized spacial score (nSPS) is 15.3. The lowest BCUT2D eigenvalue weighted by Crippen LogP contribution is -2.14. The van der Waals surface area contributed by atoms with Gasteiger partial charge in [-0.1, -0.05) is 74.0 Å². The fourth-order valence-electron chi connectivity index (χ4n) is 4.44. The fourth-order valence-corrected chi connectivity index (χ4v) is 4.44. The Morgan fingerprint density at radius 1 is 0.939 bits per heavy atom. The van der Waals surface area contributed by atoms with Gasteiger partial charge in [-0.15, -0.1) is 0 Å². The third-order valence-electron chi connectivity index (χ3n) is 6.59. The molecule has 0 bridgehead atoms. The lowest BCUT2D eigenvalue weighted by Gasteiger charge is -2.28. The zero-order chi connectivity index (χ0) is 23.0. The summed E-state index contributed by atoms with van der Waals surface area (Å²) in [5.41, 5.74) is 8.07. The molecule has 166 valence electrons. The molecule has 2 N–H and O–H groups in total. The fraction of sp³-hybridized carbons (Fsp3) is 0.250. The number of benzene rings is 2. The Morgan fingerprint density at radius 2 is 1.64 bits per heavy atom. The van der Waals surface area contributed by atoms with Crippen LogP contribution in [0.1, 0.15) is 44.2 Å². The van der Waals surface area contributed by atoms with Crippen LogP contribution in [-0.2, 0) is 0 Å². The Labute approximate surface area is 193 Å². The Kier molecular flexibility index (Phi) is 5.33. The van der Waals surface area contributed by atoms with Gasteiger partial charge in [-0.2, -0.15) is 5.10 Å². The van der Waals surface area contributed by atoms with Gasteiger partial charge in [0.05, 0.1) is 5.56 Å². The second kappa shape index (κ2) is 8.32. The summed E-state index contributed by atoms with van der Waals surface area (Å²) in [6.45, 7) is 6.70. The number of H-pyrrole nitrogens is 2. The van der Waals surface area contributed by atoms with Gasteiger partial charge in [0.1, 0.15) is 6.33 Å². The molecule has 1 aliphatic carbocycles. The van der Waals surface area contributed by atoms with E-state index < -0.39 is 0 Å². The van der Waals surface area contributed by atoms with Gasteiger partial charge in [-0.25, -0.2) is 4.98 Å². The summed E-state index contributed by atoms with van der Waals surface area (Å²) in [6, 6.07) is 18.7. The van der Waals surface area contributed by atoms with Crippen molar-refractivity contribution in [3.63, 3.8) is 0 Å². The molecule has 2 heterocycles. The van der Waals surface area contributed by atoms with Crippen LogP contribution in [0.4, 0.5) is 0 Å². The average molecular weight is 437 g/mol. The zero-order valence-electron chi connectivity index (χ0n) is 19.3. The lowest BCUT2D eigenvalue weighted by atomic mass is 9.77. The minimum Gasteiger partial charge on any atom is -0.321 e. The second-order valence-electron chi connectivity index (χ2n) is 9.68. The lowest BCUT2D eigenvalue weighted by molar-refractivity contribution is 0.335. The molecule has 5 heteroatoms. The van der Waals surface area contributed by atoms with Gasteiger partial charge in [0.2, 0.25) is 0 Å². The molecule has 2 aromatic carbocycles. The molecule has 2 aromatic heterocycles. The monoisotopic (exact) mass is 436 g/mol. The number of aryl methyl sites for hydroxylation is 1. The van der Waals surface area contributed by atoms with Crippen LogP contribution in [0.15, 0.2) is 71.8 Å². The maximum absolute atomic E-state index is 13.2. The molecule has 0 saturated heterocycles. The van der Waals surface area contributed by atoms with Gasteiger partial charge in [0.25, 0.3) is 5.56 Å². The van der Waals surface area contributed by atoms with Crippen molar-refractivity contribution >= 4 is 5.57 Å². The van der Waals surface area contributed by atoms with E-state index in [0.29, 0.717) is 16.8 Å². The SMILES string of the molecule is Cc1ccc(-c2cc(-c3ccc(C4=CCC(C)(C)CC4)cc3)[nH]c(=O)c2-c2ncn[nH]2)cc1. The maximum Gasteiger partial charge on any atom is 0.260 e. The largest absolute Gasteiger partial charge is 0.321 e. The van der Waals surface area contributed by atoms with Crippen LogP contribution in [0.3, 0.4) is 0 Å². The summed E-state index contributed by atoms with van der Waals surface area (Å²) in [4.78, 5) is 20.5. The Bertz CT molecular complexity index is 1360. The van der Waals surface area contributed by atoms with Gasteiger partial charge in [0, 0.05) is 11.3 Å². The first kappa shape index (κ1) is 21.1. The molecule has 0 radical (unpaired) electrons. The number of pyridine rings is 1. The Hall–Kier alpha value is -3.73. The van der Waals surface area contributed by atoms with Crippen LogP contribution in [0.2, 0.25) is 0 Å². The Morgan fingerprint density at radius 3 is 2.27 bits per heavy atom. The summed E-state index contributed by atoms with van der Waals surface area (Å²) in [5.74, 6) is 0.459. The predicted octanol–water partition coefficient (Wildman–Crippen LogP) is 6.40. The van der Waals surface area contributed by atoms with Gasteiger partial charge < -0.3 is 4.98 Å². The standard InChI is InChI=1S/C28H28N4O/c1-18-4-6-21(7-5-18)23-16-24(31-27(33)25(23)26-29-17-30-32-26)22-10-8-19(9-11-22)20-12-14-28(2,3)15-13-20/h4-12,16-17H,13-15H2,1-3H3,(H,31,33)(H,29,30,32). The number of nitrogens with one attached hydrogen (secondary N) is 2. The van der Waals surface area contributed by atoms with Crippen molar-refractivity contribution in [2.75, 3.05) is 0 Å². The van der Waals surface area contributed by atoms with E-state index in [1.807, 2.05) is 30.3 Å². The van der Waals surface area contributed by atoms with Gasteiger partial charge in [-0.3, -0.25) is 9.89 Å². The molecular formula is C28H28N4O. The molecule has 1 aliphatic rings. The van der Waals surface area contributed by atoms with Crippen LogP contribution >= 0.6 is 0 Å². The number of nitrogens with zero attached hydrogens (tertiary/aromatic N) is 2. The van der Waals surface area contributed by atoms with E-state index in [-0.39, 0.29) is 5.56 Å². The highest BCUT2D eigenvalue weighted by Crippen LogP contribution is 2.38. The molecule has 4 aromatic rings. The van der Waals surface area contributed by atoms with Crippen LogP contribution in [0.5, 0.6) is 0 Å². The summed E-state index contributed by atoms with van der Waals surface area (Å²) in [7, 11) is 0. The number of aromatic amines is 2. The van der Waals surface area contributed by atoms with Crippen molar-refractivity contribution in [2.24, 2.45) is 5.41 Å². The third kappa shape index (κ3) is 4.31. The molecule has 33 heavy (non-hydrogen) atoms. The summed E-state index contributed by atoms with van der Waals surface area (Å²) in [6.07, 6.45) is 7.22. The van der Waals surface area contributed by atoms with Crippen LogP contribution in [-0.4, -0.2) is 20.2 Å². The summed E-state index contributed by atoms with van der Waals surface area (Å²) >= 11 is 0. The van der Waals surface area contributed by atoms with E-state index in [2.05, 4.69) is 71.3 Å².